The molecule has 44 heavy (non-hydrogen) atoms. The van der Waals surface area contributed by atoms with E-state index in [-0.39, 0.29) is 0 Å². The van der Waals surface area contributed by atoms with Crippen molar-refractivity contribution in [2.75, 3.05) is 0 Å². The first-order chi connectivity index (χ1) is 21.8. The van der Waals surface area contributed by atoms with Gasteiger partial charge in [-0.3, -0.25) is 0 Å². The number of furan rings is 1. The minimum atomic E-state index is 0.692. The van der Waals surface area contributed by atoms with Gasteiger partial charge < -0.3 is 4.42 Å². The fraction of sp³-hybridized carbons (Fsp3) is 0. The summed E-state index contributed by atoms with van der Waals surface area (Å²) in [7, 11) is 0. The largest absolute Gasteiger partial charge is 0.452 e. The van der Waals surface area contributed by atoms with Crippen LogP contribution in [0.4, 0.5) is 0 Å². The highest BCUT2D eigenvalue weighted by atomic mass is 32.1. The molecule has 0 atom stereocenters. The molecule has 0 aliphatic heterocycles. The third kappa shape index (κ3) is 3.31. The Balaban J connectivity index is 1.33. The first kappa shape index (κ1) is 23.9. The van der Waals surface area contributed by atoms with E-state index < -0.39 is 0 Å². The Morgan fingerprint density at radius 3 is 2.00 bits per heavy atom. The van der Waals surface area contributed by atoms with Crippen molar-refractivity contribution in [1.29, 1.82) is 0 Å². The highest BCUT2D eigenvalue weighted by molar-refractivity contribution is 7.26. The third-order valence-electron chi connectivity index (χ3n) is 8.86. The minimum absolute atomic E-state index is 0.692. The lowest BCUT2D eigenvalue weighted by atomic mass is 9.93. The molecule has 0 fully saturated rings. The summed E-state index contributed by atoms with van der Waals surface area (Å²) >= 11 is 1.84. The van der Waals surface area contributed by atoms with Crippen molar-refractivity contribution in [3.63, 3.8) is 0 Å². The molecule has 0 bridgehead atoms. The summed E-state index contributed by atoms with van der Waals surface area (Å²) < 4.78 is 9.16. The molecule has 0 N–H and O–H groups in total. The van der Waals surface area contributed by atoms with Gasteiger partial charge in [-0.2, -0.15) is 0 Å². The lowest BCUT2D eigenvalue weighted by Gasteiger charge is -2.11. The Morgan fingerprint density at radius 1 is 0.500 bits per heavy atom. The van der Waals surface area contributed by atoms with Crippen molar-refractivity contribution >= 4 is 75.1 Å². The Hall–Kier alpha value is -5.58. The number of benzene rings is 7. The van der Waals surface area contributed by atoms with Crippen molar-refractivity contribution in [3.05, 3.63) is 133 Å². The molecule has 4 heteroatoms. The summed E-state index contributed by atoms with van der Waals surface area (Å²) in [5, 5.41) is 8.75. The number of rotatable bonds is 3. The predicted octanol–water partition coefficient (Wildman–Crippen LogP) is 11.5. The van der Waals surface area contributed by atoms with Gasteiger partial charge in [0.15, 0.2) is 11.4 Å². The van der Waals surface area contributed by atoms with Crippen LogP contribution in [0, 0.1) is 0 Å². The van der Waals surface area contributed by atoms with Crippen LogP contribution in [-0.4, -0.2) is 9.97 Å². The van der Waals surface area contributed by atoms with Gasteiger partial charge in [0.2, 0.25) is 0 Å². The summed E-state index contributed by atoms with van der Waals surface area (Å²) in [6.07, 6.45) is 0. The fourth-order valence-electron chi connectivity index (χ4n) is 6.86. The quantitative estimate of drug-likeness (QED) is 0.196. The number of hydrogen-bond donors (Lipinski definition) is 0. The molecule has 0 unspecified atom stereocenters. The van der Waals surface area contributed by atoms with Gasteiger partial charge in [-0.05, 0) is 50.9 Å². The minimum Gasteiger partial charge on any atom is -0.452 e. The van der Waals surface area contributed by atoms with Gasteiger partial charge in [0.25, 0.3) is 0 Å². The molecule has 10 rings (SSSR count). The average molecular weight is 579 g/mol. The number of thiophene rings is 1. The van der Waals surface area contributed by atoms with E-state index in [0.717, 1.165) is 44.4 Å². The Morgan fingerprint density at radius 2 is 1.20 bits per heavy atom. The molecule has 10 aromatic rings. The van der Waals surface area contributed by atoms with Crippen LogP contribution in [0.25, 0.3) is 97.6 Å². The number of fused-ring (bicyclic) bond motifs is 6. The molecule has 0 amide bonds. The summed E-state index contributed by atoms with van der Waals surface area (Å²) in [5.74, 6) is 0.692. The van der Waals surface area contributed by atoms with E-state index >= 15 is 0 Å². The smallest absolute Gasteiger partial charge is 0.180 e. The summed E-state index contributed by atoms with van der Waals surface area (Å²) in [6.45, 7) is 0. The molecule has 7 aromatic carbocycles. The van der Waals surface area contributed by atoms with Crippen molar-refractivity contribution in [3.8, 4) is 33.8 Å². The Kier molecular flexibility index (Phi) is 4.87. The molecule has 0 saturated heterocycles. The maximum Gasteiger partial charge on any atom is 0.180 e. The number of aromatic nitrogens is 2. The first-order valence-corrected chi connectivity index (χ1v) is 15.6. The molecule has 204 valence electrons. The molecule has 3 nitrogen and oxygen atoms in total. The topological polar surface area (TPSA) is 38.9 Å². The van der Waals surface area contributed by atoms with Crippen molar-refractivity contribution < 1.29 is 4.42 Å². The van der Waals surface area contributed by atoms with E-state index in [1.165, 1.54) is 41.7 Å². The van der Waals surface area contributed by atoms with Gasteiger partial charge in [-0.25, -0.2) is 9.97 Å². The van der Waals surface area contributed by atoms with Crippen LogP contribution in [0.1, 0.15) is 0 Å². The van der Waals surface area contributed by atoms with Gasteiger partial charge in [0.1, 0.15) is 16.8 Å². The number of hydrogen-bond acceptors (Lipinski definition) is 4. The lowest BCUT2D eigenvalue weighted by Crippen LogP contribution is -1.94. The lowest BCUT2D eigenvalue weighted by molar-refractivity contribution is 0.667. The van der Waals surface area contributed by atoms with Gasteiger partial charge in [0.05, 0.1) is 0 Å². The van der Waals surface area contributed by atoms with Crippen molar-refractivity contribution in [1.82, 2.24) is 9.97 Å². The molecule has 0 radical (unpaired) electrons. The zero-order valence-electron chi connectivity index (χ0n) is 23.4. The van der Waals surface area contributed by atoms with E-state index in [2.05, 4.69) is 109 Å². The zero-order valence-corrected chi connectivity index (χ0v) is 24.2. The van der Waals surface area contributed by atoms with Crippen LogP contribution in [0.3, 0.4) is 0 Å². The molecule has 0 aliphatic rings. The maximum absolute atomic E-state index is 6.65. The van der Waals surface area contributed by atoms with Crippen LogP contribution in [0.5, 0.6) is 0 Å². The highest BCUT2D eigenvalue weighted by Gasteiger charge is 2.23. The van der Waals surface area contributed by atoms with E-state index in [1.54, 1.807) is 0 Å². The summed E-state index contributed by atoms with van der Waals surface area (Å²) in [4.78, 5) is 10.4. The SMILES string of the molecule is c1ccc(-c2ccc3oc4c(-c5ccc6c7ccccc7c7cccc8sc5c6c87)nc(-c5ccccc5)nc4c3c2)cc1. The summed E-state index contributed by atoms with van der Waals surface area (Å²) in [6, 6.07) is 47.0. The average Bonchev–Trinajstić information content (AvgIpc) is 3.67. The monoisotopic (exact) mass is 578 g/mol. The summed E-state index contributed by atoms with van der Waals surface area (Å²) in [5.41, 5.74) is 7.52. The van der Waals surface area contributed by atoms with Gasteiger partial charge in [-0.1, -0.05) is 115 Å². The normalized spacial score (nSPS) is 12.1. The molecule has 3 aromatic heterocycles. The van der Waals surface area contributed by atoms with Crippen LogP contribution >= 0.6 is 11.3 Å². The molecule has 0 saturated carbocycles. The van der Waals surface area contributed by atoms with Crippen LogP contribution in [-0.2, 0) is 0 Å². The Labute approximate surface area is 256 Å². The maximum atomic E-state index is 6.65. The van der Waals surface area contributed by atoms with Crippen LogP contribution in [0.15, 0.2) is 138 Å². The standard InChI is InChI=1S/C40H22N2OS/c1-3-10-23(11-4-1)25-18-21-32-31(22-25)37-38(43-32)36(41-40(42-37)24-12-5-2-6-13-24)30-20-19-29-27-15-8-7-14-26(27)28-16-9-17-33-34(28)35(29)39(30)44-33/h1-22H. The Bertz CT molecular complexity index is 2710. The van der Waals surface area contributed by atoms with Crippen LogP contribution < -0.4 is 0 Å². The second-order valence-corrected chi connectivity index (χ2v) is 12.4. The zero-order chi connectivity index (χ0) is 28.8. The molecule has 3 heterocycles. The van der Waals surface area contributed by atoms with Crippen molar-refractivity contribution in [2.24, 2.45) is 0 Å². The van der Waals surface area contributed by atoms with E-state index in [0.29, 0.717) is 11.4 Å². The fourth-order valence-corrected chi connectivity index (χ4v) is 8.13. The van der Waals surface area contributed by atoms with Crippen molar-refractivity contribution in [2.45, 2.75) is 0 Å². The van der Waals surface area contributed by atoms with Gasteiger partial charge >= 0.3 is 0 Å². The van der Waals surface area contributed by atoms with Gasteiger partial charge in [-0.15, -0.1) is 11.3 Å². The van der Waals surface area contributed by atoms with Gasteiger partial charge in [0, 0.05) is 36.7 Å². The predicted molar refractivity (Wildman–Crippen MR) is 185 cm³/mol. The first-order valence-electron chi connectivity index (χ1n) is 14.8. The van der Waals surface area contributed by atoms with E-state index in [9.17, 15) is 0 Å². The molecular formula is C40H22N2OS. The highest BCUT2D eigenvalue weighted by Crippen LogP contribution is 2.49. The number of nitrogens with zero attached hydrogens (tertiary/aromatic N) is 2. The second kappa shape index (κ2) is 8.96. The molecule has 0 aliphatic carbocycles. The van der Waals surface area contributed by atoms with E-state index in [4.69, 9.17) is 14.4 Å². The third-order valence-corrected chi connectivity index (χ3v) is 10.0. The second-order valence-electron chi connectivity index (χ2n) is 11.3. The van der Waals surface area contributed by atoms with E-state index in [1.807, 2.05) is 35.6 Å². The molecular weight excluding hydrogens is 557 g/mol. The molecule has 0 spiro atoms. The van der Waals surface area contributed by atoms with Crippen LogP contribution in [0.2, 0.25) is 0 Å².